The van der Waals surface area contributed by atoms with Crippen LogP contribution >= 0.6 is 0 Å². The molecule has 0 radical (unpaired) electrons. The van der Waals surface area contributed by atoms with Crippen molar-refractivity contribution in [2.45, 2.75) is 12.5 Å². The van der Waals surface area contributed by atoms with Gasteiger partial charge in [-0.3, -0.25) is 4.79 Å². The van der Waals surface area contributed by atoms with Gasteiger partial charge in [-0.1, -0.05) is 12.1 Å². The van der Waals surface area contributed by atoms with Crippen LogP contribution in [0.3, 0.4) is 0 Å². The number of rotatable bonds is 7. The summed E-state index contributed by atoms with van der Waals surface area (Å²) in [5.41, 5.74) is 2.57. The topological polar surface area (TPSA) is 75.7 Å². The Morgan fingerprint density at radius 2 is 1.60 bits per heavy atom. The minimum Gasteiger partial charge on any atom is -0.493 e. The highest BCUT2D eigenvalue weighted by Gasteiger charge is 2.34. The maximum Gasteiger partial charge on any atom is 0.254 e. The van der Waals surface area contributed by atoms with Crippen LogP contribution in [0.25, 0.3) is 0 Å². The monoisotopic (exact) mass is 477 g/mol. The van der Waals surface area contributed by atoms with E-state index in [-0.39, 0.29) is 25.3 Å². The average Bonchev–Trinajstić information content (AvgIpc) is 3.38. The summed E-state index contributed by atoms with van der Waals surface area (Å²) in [6.07, 6.45) is 0.678. The molecular formula is C27H27NO7. The fourth-order valence-electron chi connectivity index (χ4n) is 4.55. The van der Waals surface area contributed by atoms with Crippen LogP contribution in [0.2, 0.25) is 0 Å². The molecule has 2 heterocycles. The third-order valence-corrected chi connectivity index (χ3v) is 6.35. The lowest BCUT2D eigenvalue weighted by molar-refractivity contribution is 0.0587. The Labute approximate surface area is 203 Å². The Hall–Kier alpha value is -4.07. The summed E-state index contributed by atoms with van der Waals surface area (Å²) in [5, 5.41) is 0. The van der Waals surface area contributed by atoms with Gasteiger partial charge >= 0.3 is 0 Å². The number of benzene rings is 3. The SMILES string of the molecule is COc1cc2c(cc1OC)C(COc1ccccc1OC)N(C(=O)c1ccc3c(c1)OCO3)CC2. The summed E-state index contributed by atoms with van der Waals surface area (Å²) in [7, 11) is 4.82. The van der Waals surface area contributed by atoms with E-state index in [1.165, 1.54) is 0 Å². The van der Waals surface area contributed by atoms with E-state index in [1.54, 1.807) is 39.5 Å². The van der Waals surface area contributed by atoms with Gasteiger partial charge < -0.3 is 33.3 Å². The van der Waals surface area contributed by atoms with Crippen molar-refractivity contribution in [2.24, 2.45) is 0 Å². The molecule has 1 amide bonds. The standard InChI is InChI=1S/C27H27NO7/c1-30-21-6-4-5-7-22(21)33-15-20-19-14-25(32-3)24(31-2)12-17(19)10-11-28(20)27(29)18-8-9-23-26(13-18)35-16-34-23/h4-9,12-14,20H,10-11,15-16H2,1-3H3. The maximum absolute atomic E-state index is 13.7. The van der Waals surface area contributed by atoms with Gasteiger partial charge in [0.1, 0.15) is 6.61 Å². The summed E-state index contributed by atoms with van der Waals surface area (Å²) >= 11 is 0. The van der Waals surface area contributed by atoms with Crippen LogP contribution in [0.4, 0.5) is 0 Å². The number of ether oxygens (including phenoxy) is 6. The van der Waals surface area contributed by atoms with Crippen molar-refractivity contribution in [1.29, 1.82) is 0 Å². The van der Waals surface area contributed by atoms with Gasteiger partial charge in [-0.05, 0) is 60.0 Å². The lowest BCUT2D eigenvalue weighted by Crippen LogP contribution is -2.42. The predicted octanol–water partition coefficient (Wildman–Crippen LogP) is 4.26. The first-order valence-electron chi connectivity index (χ1n) is 11.3. The minimum atomic E-state index is -0.360. The van der Waals surface area contributed by atoms with Crippen LogP contribution in [0.1, 0.15) is 27.5 Å². The molecule has 0 fully saturated rings. The first-order chi connectivity index (χ1) is 17.1. The highest BCUT2D eigenvalue weighted by molar-refractivity contribution is 5.95. The van der Waals surface area contributed by atoms with E-state index in [2.05, 4.69) is 0 Å². The molecular weight excluding hydrogens is 450 g/mol. The van der Waals surface area contributed by atoms with Crippen LogP contribution < -0.4 is 28.4 Å². The normalized spacial score (nSPS) is 15.9. The number of para-hydroxylation sites is 2. The van der Waals surface area contributed by atoms with Gasteiger partial charge in [0.2, 0.25) is 6.79 Å². The number of nitrogens with zero attached hydrogens (tertiary/aromatic N) is 1. The molecule has 2 aliphatic heterocycles. The molecule has 0 spiro atoms. The Kier molecular flexibility index (Phi) is 6.27. The van der Waals surface area contributed by atoms with Crippen molar-refractivity contribution >= 4 is 5.91 Å². The van der Waals surface area contributed by atoms with Gasteiger partial charge in [-0.25, -0.2) is 0 Å². The van der Waals surface area contributed by atoms with E-state index < -0.39 is 0 Å². The third-order valence-electron chi connectivity index (χ3n) is 6.35. The van der Waals surface area contributed by atoms with Gasteiger partial charge in [-0.15, -0.1) is 0 Å². The minimum absolute atomic E-state index is 0.114. The Morgan fingerprint density at radius 3 is 2.37 bits per heavy atom. The lowest BCUT2D eigenvalue weighted by atomic mass is 9.91. The van der Waals surface area contributed by atoms with E-state index in [4.69, 9.17) is 28.4 Å². The van der Waals surface area contributed by atoms with Gasteiger partial charge in [-0.2, -0.15) is 0 Å². The molecule has 3 aromatic rings. The van der Waals surface area contributed by atoms with Gasteiger partial charge in [0.05, 0.1) is 27.4 Å². The van der Waals surface area contributed by atoms with Crippen molar-refractivity contribution in [3.05, 3.63) is 71.3 Å². The molecule has 3 aromatic carbocycles. The number of carbonyl (C=O) groups excluding carboxylic acids is 1. The number of amides is 1. The second-order valence-corrected chi connectivity index (χ2v) is 8.20. The molecule has 0 saturated carbocycles. The molecule has 35 heavy (non-hydrogen) atoms. The molecule has 1 unspecified atom stereocenters. The molecule has 0 aromatic heterocycles. The Morgan fingerprint density at radius 1 is 0.886 bits per heavy atom. The molecule has 5 rings (SSSR count). The number of hydrogen-bond acceptors (Lipinski definition) is 7. The fraction of sp³-hybridized carbons (Fsp3) is 0.296. The van der Waals surface area contributed by atoms with E-state index in [9.17, 15) is 4.79 Å². The second kappa shape index (κ2) is 9.66. The molecule has 182 valence electrons. The van der Waals surface area contributed by atoms with Gasteiger partial charge in [0, 0.05) is 12.1 Å². The quantitative estimate of drug-likeness (QED) is 0.503. The van der Waals surface area contributed by atoms with Crippen LogP contribution in [0, 0.1) is 0 Å². The maximum atomic E-state index is 13.7. The number of carbonyl (C=O) groups is 1. The van der Waals surface area contributed by atoms with Gasteiger partial charge in [0.15, 0.2) is 34.5 Å². The molecule has 8 heteroatoms. The number of fused-ring (bicyclic) bond motifs is 2. The van der Waals surface area contributed by atoms with Crippen molar-refractivity contribution in [3.63, 3.8) is 0 Å². The van der Waals surface area contributed by atoms with E-state index >= 15 is 0 Å². The van der Waals surface area contributed by atoms with Crippen LogP contribution in [-0.4, -0.2) is 52.1 Å². The molecule has 1 atom stereocenters. The number of hydrogen-bond donors (Lipinski definition) is 0. The first kappa shape index (κ1) is 22.7. The van der Waals surface area contributed by atoms with Crippen molar-refractivity contribution in [2.75, 3.05) is 41.3 Å². The van der Waals surface area contributed by atoms with Crippen molar-refractivity contribution < 1.29 is 33.2 Å². The van der Waals surface area contributed by atoms with E-state index in [0.29, 0.717) is 53.0 Å². The highest BCUT2D eigenvalue weighted by atomic mass is 16.7. The Bertz CT molecular complexity index is 1240. The predicted molar refractivity (Wildman–Crippen MR) is 128 cm³/mol. The largest absolute Gasteiger partial charge is 0.493 e. The third kappa shape index (κ3) is 4.27. The Balaban J connectivity index is 1.51. The number of methoxy groups -OCH3 is 3. The molecule has 0 aliphatic carbocycles. The summed E-state index contributed by atoms with van der Waals surface area (Å²) in [6, 6.07) is 16.3. The van der Waals surface area contributed by atoms with Crippen LogP contribution in [0.5, 0.6) is 34.5 Å². The lowest BCUT2D eigenvalue weighted by Gasteiger charge is -2.37. The van der Waals surface area contributed by atoms with Gasteiger partial charge in [0.25, 0.3) is 5.91 Å². The summed E-state index contributed by atoms with van der Waals surface area (Å²) in [5.74, 6) is 3.59. The zero-order chi connectivity index (χ0) is 24.4. The summed E-state index contributed by atoms with van der Waals surface area (Å²) < 4.78 is 33.6. The van der Waals surface area contributed by atoms with Crippen LogP contribution in [0.15, 0.2) is 54.6 Å². The van der Waals surface area contributed by atoms with E-state index in [0.717, 1.165) is 11.1 Å². The summed E-state index contributed by atoms with van der Waals surface area (Å²) in [4.78, 5) is 15.6. The second-order valence-electron chi connectivity index (χ2n) is 8.20. The highest BCUT2D eigenvalue weighted by Crippen LogP contribution is 2.40. The molecule has 0 N–H and O–H groups in total. The zero-order valence-corrected chi connectivity index (χ0v) is 19.9. The first-order valence-corrected chi connectivity index (χ1v) is 11.3. The summed E-state index contributed by atoms with van der Waals surface area (Å²) in [6.45, 7) is 0.913. The molecule has 8 nitrogen and oxygen atoms in total. The average molecular weight is 478 g/mol. The van der Waals surface area contributed by atoms with Crippen molar-refractivity contribution in [3.8, 4) is 34.5 Å². The molecule has 0 bridgehead atoms. The fourth-order valence-corrected chi connectivity index (χ4v) is 4.55. The smallest absolute Gasteiger partial charge is 0.254 e. The van der Waals surface area contributed by atoms with Crippen molar-refractivity contribution in [1.82, 2.24) is 4.90 Å². The zero-order valence-electron chi connectivity index (χ0n) is 19.9. The molecule has 2 aliphatic rings. The van der Waals surface area contributed by atoms with E-state index in [1.807, 2.05) is 41.3 Å². The van der Waals surface area contributed by atoms with Crippen LogP contribution in [-0.2, 0) is 6.42 Å². The molecule has 0 saturated heterocycles.